The minimum atomic E-state index is -0.0463. The van der Waals surface area contributed by atoms with Crippen molar-refractivity contribution in [2.24, 2.45) is 0 Å². The number of rotatable bonds is 8. The number of nitrogens with zero attached hydrogens (tertiary/aromatic N) is 6. The van der Waals surface area contributed by atoms with E-state index in [0.29, 0.717) is 28.6 Å². The number of thioether (sulfide) groups is 1. The van der Waals surface area contributed by atoms with Gasteiger partial charge in [0.05, 0.1) is 16.7 Å². The summed E-state index contributed by atoms with van der Waals surface area (Å²) in [7, 11) is 0. The van der Waals surface area contributed by atoms with Gasteiger partial charge in [0, 0.05) is 39.3 Å². The molecule has 0 radical (unpaired) electrons. The van der Waals surface area contributed by atoms with Gasteiger partial charge in [0.2, 0.25) is 11.7 Å². The Kier molecular flexibility index (Phi) is 7.15. The summed E-state index contributed by atoms with van der Waals surface area (Å²) in [6.45, 7) is 6.80. The van der Waals surface area contributed by atoms with Crippen LogP contribution in [0.15, 0.2) is 64.5 Å². The third-order valence-electron chi connectivity index (χ3n) is 6.51. The Balaban J connectivity index is 1.28. The molecule has 5 rings (SSSR count). The fourth-order valence-corrected chi connectivity index (χ4v) is 5.40. The maximum atomic E-state index is 13.1. The smallest absolute Gasteiger partial charge is 0.262 e. The number of benzene rings is 2. The molecule has 0 N–H and O–H groups in total. The van der Waals surface area contributed by atoms with E-state index in [-0.39, 0.29) is 11.5 Å². The summed E-state index contributed by atoms with van der Waals surface area (Å²) in [5.41, 5.74) is 2.02. The van der Waals surface area contributed by atoms with Gasteiger partial charge in [0.25, 0.3) is 5.56 Å². The van der Waals surface area contributed by atoms with Crippen LogP contribution < -0.4 is 5.56 Å². The summed E-state index contributed by atoms with van der Waals surface area (Å²) < 4.78 is 3.62. The van der Waals surface area contributed by atoms with E-state index in [9.17, 15) is 9.59 Å². The van der Waals surface area contributed by atoms with E-state index >= 15 is 0 Å². The predicted octanol–water partition coefficient (Wildman–Crippen LogP) is 3.28. The van der Waals surface area contributed by atoms with E-state index in [1.807, 2.05) is 39.6 Å². The highest BCUT2D eigenvalue weighted by molar-refractivity contribution is 7.99. The summed E-state index contributed by atoms with van der Waals surface area (Å²) in [4.78, 5) is 30.4. The number of hydrogen-bond donors (Lipinski definition) is 0. The first kappa shape index (κ1) is 23.6. The minimum Gasteiger partial charge on any atom is -0.339 e. The van der Waals surface area contributed by atoms with Crippen LogP contribution in [0.5, 0.6) is 0 Å². The summed E-state index contributed by atoms with van der Waals surface area (Å²) in [6, 6.07) is 18.0. The second-order valence-corrected chi connectivity index (χ2v) is 9.82. The van der Waals surface area contributed by atoms with Gasteiger partial charge in [-0.05, 0) is 24.1 Å². The van der Waals surface area contributed by atoms with E-state index in [2.05, 4.69) is 46.3 Å². The second-order valence-electron chi connectivity index (χ2n) is 8.88. The molecular formula is C26H30N6O2S. The number of para-hydroxylation sites is 1. The van der Waals surface area contributed by atoms with Crippen LogP contribution in [0.3, 0.4) is 0 Å². The Hall–Kier alpha value is -3.17. The van der Waals surface area contributed by atoms with Crippen LogP contribution in [0.1, 0.15) is 25.3 Å². The van der Waals surface area contributed by atoms with Gasteiger partial charge in [0.15, 0.2) is 5.16 Å². The van der Waals surface area contributed by atoms with Gasteiger partial charge in [-0.3, -0.25) is 23.5 Å². The van der Waals surface area contributed by atoms with Gasteiger partial charge >= 0.3 is 0 Å². The predicted molar refractivity (Wildman–Crippen MR) is 139 cm³/mol. The van der Waals surface area contributed by atoms with Crippen LogP contribution in [0.2, 0.25) is 0 Å². The van der Waals surface area contributed by atoms with Crippen molar-refractivity contribution in [3.63, 3.8) is 0 Å². The number of carbonyl (C=O) groups excluding carboxylic acids is 1. The molecule has 2 aromatic heterocycles. The number of hydrogen-bond acceptors (Lipinski definition) is 6. The van der Waals surface area contributed by atoms with Crippen molar-refractivity contribution in [3.05, 3.63) is 70.5 Å². The molecule has 35 heavy (non-hydrogen) atoms. The van der Waals surface area contributed by atoms with E-state index < -0.39 is 0 Å². The molecule has 0 aliphatic carbocycles. The van der Waals surface area contributed by atoms with Crippen molar-refractivity contribution in [1.29, 1.82) is 0 Å². The average molecular weight is 491 g/mol. The SMILES string of the molecule is CCCCn1c(=O)c2ccccc2n2c(SCC(=O)N3CCN(Cc4ccccc4)CC3)nnc12. The lowest BCUT2D eigenvalue weighted by Crippen LogP contribution is -2.48. The molecule has 1 amide bonds. The largest absolute Gasteiger partial charge is 0.339 e. The van der Waals surface area contributed by atoms with E-state index in [1.165, 1.54) is 17.3 Å². The highest BCUT2D eigenvalue weighted by atomic mass is 32.2. The average Bonchev–Trinajstić information content (AvgIpc) is 3.32. The molecule has 2 aromatic carbocycles. The molecule has 1 aliphatic rings. The minimum absolute atomic E-state index is 0.0463. The molecule has 182 valence electrons. The first-order valence-electron chi connectivity index (χ1n) is 12.2. The lowest BCUT2D eigenvalue weighted by Gasteiger charge is -2.34. The van der Waals surface area contributed by atoms with Crippen molar-refractivity contribution in [2.75, 3.05) is 31.9 Å². The number of aryl methyl sites for hydroxylation is 1. The Morgan fingerprint density at radius 3 is 2.49 bits per heavy atom. The van der Waals surface area contributed by atoms with Gasteiger partial charge in [0.1, 0.15) is 0 Å². The zero-order chi connectivity index (χ0) is 24.2. The molecule has 3 heterocycles. The van der Waals surface area contributed by atoms with Gasteiger partial charge < -0.3 is 4.90 Å². The van der Waals surface area contributed by atoms with Crippen LogP contribution in [0, 0.1) is 0 Å². The van der Waals surface area contributed by atoms with Gasteiger partial charge in [-0.15, -0.1) is 10.2 Å². The van der Waals surface area contributed by atoms with Crippen LogP contribution in [-0.4, -0.2) is 66.8 Å². The monoisotopic (exact) mass is 490 g/mol. The van der Waals surface area contributed by atoms with Crippen molar-refractivity contribution in [1.82, 2.24) is 29.0 Å². The van der Waals surface area contributed by atoms with Crippen molar-refractivity contribution < 1.29 is 4.79 Å². The topological polar surface area (TPSA) is 75.7 Å². The molecule has 4 aromatic rings. The zero-order valence-electron chi connectivity index (χ0n) is 20.0. The molecule has 0 unspecified atom stereocenters. The van der Waals surface area contributed by atoms with E-state index in [4.69, 9.17) is 0 Å². The summed E-state index contributed by atoms with van der Waals surface area (Å²) >= 11 is 1.38. The number of unbranched alkanes of at least 4 members (excludes halogenated alkanes) is 1. The van der Waals surface area contributed by atoms with Gasteiger partial charge in [-0.25, -0.2) is 0 Å². The van der Waals surface area contributed by atoms with Crippen molar-refractivity contribution >= 4 is 34.3 Å². The molecule has 0 saturated carbocycles. The molecule has 0 spiro atoms. The summed E-state index contributed by atoms with van der Waals surface area (Å²) in [5.74, 6) is 0.934. The molecule has 1 aliphatic heterocycles. The number of aromatic nitrogens is 4. The molecule has 8 nitrogen and oxygen atoms in total. The van der Waals surface area contributed by atoms with E-state index in [1.54, 1.807) is 4.57 Å². The lowest BCUT2D eigenvalue weighted by atomic mass is 10.2. The van der Waals surface area contributed by atoms with Crippen molar-refractivity contribution in [2.45, 2.75) is 38.0 Å². The summed E-state index contributed by atoms with van der Waals surface area (Å²) in [5, 5.41) is 9.99. The third-order valence-corrected chi connectivity index (χ3v) is 7.43. The first-order chi connectivity index (χ1) is 17.2. The molecule has 0 bridgehead atoms. The standard InChI is InChI=1S/C26H30N6O2S/c1-2-3-13-31-24(34)21-11-7-8-12-22(21)32-25(31)27-28-26(32)35-19-23(33)30-16-14-29(15-17-30)18-20-9-5-4-6-10-20/h4-12H,2-3,13-19H2,1H3. The van der Waals surface area contributed by atoms with E-state index in [0.717, 1.165) is 51.1 Å². The Morgan fingerprint density at radius 2 is 1.71 bits per heavy atom. The molecule has 1 fully saturated rings. The maximum absolute atomic E-state index is 13.1. The van der Waals surface area contributed by atoms with Crippen LogP contribution in [-0.2, 0) is 17.9 Å². The highest BCUT2D eigenvalue weighted by Crippen LogP contribution is 2.22. The number of piperazine rings is 1. The molecule has 9 heteroatoms. The fraction of sp³-hybridized carbons (Fsp3) is 0.385. The Morgan fingerprint density at radius 1 is 0.971 bits per heavy atom. The second kappa shape index (κ2) is 10.6. The molecular weight excluding hydrogens is 460 g/mol. The lowest BCUT2D eigenvalue weighted by molar-refractivity contribution is -0.130. The quantitative estimate of drug-likeness (QED) is 0.353. The fourth-order valence-electron chi connectivity index (χ4n) is 4.56. The first-order valence-corrected chi connectivity index (χ1v) is 13.2. The Labute approximate surface area is 208 Å². The molecule has 1 saturated heterocycles. The van der Waals surface area contributed by atoms with Crippen LogP contribution >= 0.6 is 11.8 Å². The Bertz CT molecular complexity index is 1380. The number of fused-ring (bicyclic) bond motifs is 3. The third kappa shape index (κ3) is 4.97. The van der Waals surface area contributed by atoms with Crippen LogP contribution in [0.25, 0.3) is 16.7 Å². The van der Waals surface area contributed by atoms with Gasteiger partial charge in [-0.2, -0.15) is 0 Å². The van der Waals surface area contributed by atoms with Crippen LogP contribution in [0.4, 0.5) is 0 Å². The maximum Gasteiger partial charge on any atom is 0.262 e. The zero-order valence-corrected chi connectivity index (χ0v) is 20.8. The number of amides is 1. The molecule has 0 atom stereocenters. The highest BCUT2D eigenvalue weighted by Gasteiger charge is 2.23. The summed E-state index contributed by atoms with van der Waals surface area (Å²) in [6.07, 6.45) is 1.87. The van der Waals surface area contributed by atoms with Gasteiger partial charge in [-0.1, -0.05) is 67.6 Å². The normalized spacial score (nSPS) is 14.7. The van der Waals surface area contributed by atoms with Crippen molar-refractivity contribution in [3.8, 4) is 0 Å². The number of carbonyl (C=O) groups is 1.